The molecule has 1 saturated carbocycles. The standard InChI is InChI=1S/C28H30N4O3/c1-14(29)30-17-5-6-20-18(11-17)19-12-28(34)22-10-16-4-7-21(33)25-23(16)27(28,26(35-25)24(19)31-20)8-9-32(22)13-15-2-3-15/h4-7,11,15,22,26,31,33-34H,2-3,8-10,12-13H2,1H3,(H2,29,30)/t22?,26?,27-,28+/m0/s1. The van der Waals surface area contributed by atoms with Gasteiger partial charge in [0.05, 0.1) is 28.2 Å². The number of hydrogen-bond acceptors (Lipinski definition) is 5. The van der Waals surface area contributed by atoms with Crippen LogP contribution in [0.1, 0.15) is 54.7 Å². The van der Waals surface area contributed by atoms with Gasteiger partial charge in [0.1, 0.15) is 0 Å². The molecule has 2 aromatic carbocycles. The summed E-state index contributed by atoms with van der Waals surface area (Å²) in [6, 6.07) is 9.90. The van der Waals surface area contributed by atoms with E-state index in [-0.39, 0.29) is 17.9 Å². The minimum absolute atomic E-state index is 0.0246. The van der Waals surface area contributed by atoms with Crippen molar-refractivity contribution in [2.75, 3.05) is 13.1 Å². The molecule has 1 saturated heterocycles. The zero-order valence-corrected chi connectivity index (χ0v) is 19.8. The predicted molar refractivity (Wildman–Crippen MR) is 133 cm³/mol. The van der Waals surface area contributed by atoms with E-state index in [0.29, 0.717) is 18.0 Å². The van der Waals surface area contributed by atoms with E-state index >= 15 is 0 Å². The third kappa shape index (κ3) is 2.40. The molecule has 7 heteroatoms. The fraction of sp³-hybridized carbons (Fsp3) is 0.464. The number of aromatic hydroxyl groups is 1. The highest BCUT2D eigenvalue weighted by Crippen LogP contribution is 2.69. The van der Waals surface area contributed by atoms with Crippen molar-refractivity contribution >= 4 is 22.4 Å². The van der Waals surface area contributed by atoms with Crippen LogP contribution in [-0.4, -0.2) is 50.7 Å². The zero-order chi connectivity index (χ0) is 23.7. The summed E-state index contributed by atoms with van der Waals surface area (Å²) in [4.78, 5) is 10.7. The Hall–Kier alpha value is -3.03. The average Bonchev–Trinajstić information content (AvgIpc) is 3.46. The number of piperidine rings is 1. The molecule has 180 valence electrons. The molecule has 2 aliphatic heterocycles. The maximum absolute atomic E-state index is 12.9. The van der Waals surface area contributed by atoms with Gasteiger partial charge in [0.2, 0.25) is 0 Å². The molecule has 2 bridgehead atoms. The Labute approximate surface area is 203 Å². The smallest absolute Gasteiger partial charge is 0.166 e. The highest BCUT2D eigenvalue weighted by Gasteiger charge is 2.72. The van der Waals surface area contributed by atoms with Crippen molar-refractivity contribution in [2.24, 2.45) is 16.6 Å². The van der Waals surface area contributed by atoms with Crippen LogP contribution in [0.15, 0.2) is 35.3 Å². The summed E-state index contributed by atoms with van der Waals surface area (Å²) >= 11 is 0. The van der Waals surface area contributed by atoms with E-state index < -0.39 is 11.0 Å². The Balaban J connectivity index is 1.38. The van der Waals surface area contributed by atoms with Gasteiger partial charge in [0.15, 0.2) is 17.6 Å². The lowest BCUT2D eigenvalue weighted by Gasteiger charge is -2.62. The number of phenolic OH excluding ortho intramolecular Hbond substituents is 1. The number of aliphatic hydroxyl groups is 1. The lowest BCUT2D eigenvalue weighted by atomic mass is 9.49. The number of ether oxygens (including phenoxy) is 1. The molecule has 1 spiro atoms. The Bertz CT molecular complexity index is 1450. The van der Waals surface area contributed by atoms with E-state index in [1.807, 2.05) is 12.1 Å². The molecular weight excluding hydrogens is 440 g/mol. The van der Waals surface area contributed by atoms with E-state index in [2.05, 4.69) is 27.0 Å². The number of nitrogens with one attached hydrogen (secondary N) is 1. The summed E-state index contributed by atoms with van der Waals surface area (Å²) in [6.07, 6.45) is 4.38. The second kappa shape index (κ2) is 6.39. The van der Waals surface area contributed by atoms with Crippen molar-refractivity contribution < 1.29 is 14.9 Å². The molecule has 3 aromatic rings. The van der Waals surface area contributed by atoms with Crippen molar-refractivity contribution in [3.63, 3.8) is 0 Å². The maximum atomic E-state index is 12.9. The van der Waals surface area contributed by atoms with Crippen LogP contribution in [0.3, 0.4) is 0 Å². The minimum Gasteiger partial charge on any atom is -0.504 e. The average molecular weight is 471 g/mol. The first kappa shape index (κ1) is 20.2. The van der Waals surface area contributed by atoms with Crippen molar-refractivity contribution in [3.8, 4) is 11.5 Å². The molecule has 2 unspecified atom stereocenters. The van der Waals surface area contributed by atoms with Crippen LogP contribution in [0.25, 0.3) is 10.9 Å². The van der Waals surface area contributed by atoms with E-state index in [0.717, 1.165) is 65.3 Å². The number of benzene rings is 2. The van der Waals surface area contributed by atoms with Gasteiger partial charge in [-0.3, -0.25) is 4.90 Å². The Morgan fingerprint density at radius 1 is 1.29 bits per heavy atom. The highest BCUT2D eigenvalue weighted by molar-refractivity contribution is 5.90. The number of rotatable bonds is 3. The van der Waals surface area contributed by atoms with Crippen LogP contribution in [0.2, 0.25) is 0 Å². The van der Waals surface area contributed by atoms with Crippen LogP contribution in [0, 0.1) is 5.92 Å². The third-order valence-corrected chi connectivity index (χ3v) is 9.45. The molecule has 8 rings (SSSR count). The van der Waals surface area contributed by atoms with Crippen molar-refractivity contribution in [2.45, 2.75) is 62.2 Å². The van der Waals surface area contributed by atoms with Crippen LogP contribution >= 0.6 is 0 Å². The van der Waals surface area contributed by atoms with Gasteiger partial charge in [0, 0.05) is 35.5 Å². The molecular formula is C28H30N4O3. The molecule has 2 fully saturated rings. The monoisotopic (exact) mass is 470 g/mol. The number of nitrogens with zero attached hydrogens (tertiary/aromatic N) is 2. The molecule has 3 aliphatic carbocycles. The van der Waals surface area contributed by atoms with Gasteiger partial charge in [-0.25, -0.2) is 4.99 Å². The van der Waals surface area contributed by atoms with Crippen molar-refractivity contribution in [1.29, 1.82) is 0 Å². The number of nitrogens with two attached hydrogens (primary N) is 1. The van der Waals surface area contributed by atoms with Crippen LogP contribution in [-0.2, 0) is 18.3 Å². The molecule has 7 nitrogen and oxygen atoms in total. The number of amidine groups is 1. The molecule has 3 heterocycles. The maximum Gasteiger partial charge on any atom is 0.166 e. The van der Waals surface area contributed by atoms with Crippen LogP contribution in [0.4, 0.5) is 5.69 Å². The number of fused-ring (bicyclic) bond motifs is 4. The number of aliphatic imine (C=N–C) groups is 1. The molecule has 0 radical (unpaired) electrons. The fourth-order valence-electron chi connectivity index (χ4n) is 7.88. The molecule has 35 heavy (non-hydrogen) atoms. The largest absolute Gasteiger partial charge is 0.504 e. The minimum atomic E-state index is -0.984. The fourth-order valence-corrected chi connectivity index (χ4v) is 7.88. The SMILES string of the molecule is CC(N)=Nc1ccc2[nH]c3c(c2c1)C[C@@]1(O)C2Cc4ccc(O)c5c4[C@@]1(CCN2CC1CC1)C3O5. The molecule has 4 atom stereocenters. The van der Waals surface area contributed by atoms with Crippen molar-refractivity contribution in [3.05, 3.63) is 52.7 Å². The lowest BCUT2D eigenvalue weighted by Crippen LogP contribution is -2.74. The summed E-state index contributed by atoms with van der Waals surface area (Å²) in [5, 5.41) is 24.8. The topological polar surface area (TPSA) is 107 Å². The first-order chi connectivity index (χ1) is 16.9. The Morgan fingerprint density at radius 3 is 2.94 bits per heavy atom. The normalized spacial score (nSPS) is 32.9. The predicted octanol–water partition coefficient (Wildman–Crippen LogP) is 3.58. The molecule has 1 aromatic heterocycles. The summed E-state index contributed by atoms with van der Waals surface area (Å²) < 4.78 is 6.65. The van der Waals surface area contributed by atoms with Gasteiger partial charge >= 0.3 is 0 Å². The van der Waals surface area contributed by atoms with E-state index in [1.54, 1.807) is 13.0 Å². The first-order valence-corrected chi connectivity index (χ1v) is 12.8. The van der Waals surface area contributed by atoms with Gasteiger partial charge in [-0.15, -0.1) is 0 Å². The Kier molecular flexibility index (Phi) is 3.69. The number of H-pyrrole nitrogens is 1. The zero-order valence-electron chi connectivity index (χ0n) is 19.8. The van der Waals surface area contributed by atoms with E-state index in [9.17, 15) is 10.2 Å². The number of phenols is 1. The number of hydrogen-bond donors (Lipinski definition) is 4. The quantitative estimate of drug-likeness (QED) is 0.346. The molecule has 0 amide bonds. The van der Waals surface area contributed by atoms with E-state index in [4.69, 9.17) is 10.5 Å². The summed E-state index contributed by atoms with van der Waals surface area (Å²) in [5.41, 5.74) is 10.5. The van der Waals surface area contributed by atoms with Gasteiger partial charge < -0.3 is 25.7 Å². The van der Waals surface area contributed by atoms with Crippen molar-refractivity contribution in [1.82, 2.24) is 9.88 Å². The number of aromatic nitrogens is 1. The molecule has 5 N–H and O–H groups in total. The van der Waals surface area contributed by atoms with Gasteiger partial charge in [-0.2, -0.15) is 0 Å². The second-order valence-electron chi connectivity index (χ2n) is 11.4. The molecule has 5 aliphatic rings. The Morgan fingerprint density at radius 2 is 2.14 bits per heavy atom. The van der Waals surface area contributed by atoms with E-state index in [1.165, 1.54) is 18.4 Å². The van der Waals surface area contributed by atoms with Crippen LogP contribution in [0.5, 0.6) is 11.5 Å². The number of aromatic amines is 1. The lowest BCUT2D eigenvalue weighted by molar-refractivity contribution is -0.173. The van der Waals surface area contributed by atoms with Crippen LogP contribution < -0.4 is 10.5 Å². The summed E-state index contributed by atoms with van der Waals surface area (Å²) in [6.45, 7) is 3.79. The second-order valence-corrected chi connectivity index (χ2v) is 11.4. The highest BCUT2D eigenvalue weighted by atomic mass is 16.5. The number of likely N-dealkylation sites (tertiary alicyclic amines) is 1. The van der Waals surface area contributed by atoms with Gasteiger partial charge in [-0.1, -0.05) is 6.07 Å². The first-order valence-electron chi connectivity index (χ1n) is 12.8. The summed E-state index contributed by atoms with van der Waals surface area (Å²) in [5.74, 6) is 2.01. The van der Waals surface area contributed by atoms with Gasteiger partial charge in [-0.05, 0) is 80.5 Å². The summed E-state index contributed by atoms with van der Waals surface area (Å²) in [7, 11) is 0. The van der Waals surface area contributed by atoms with Gasteiger partial charge in [0.25, 0.3) is 0 Å². The third-order valence-electron chi connectivity index (χ3n) is 9.45.